The Balaban J connectivity index is 1.92. The lowest BCUT2D eigenvalue weighted by Crippen LogP contribution is -2.43. The molecule has 76 valence electrons. The van der Waals surface area contributed by atoms with Crippen molar-refractivity contribution in [3.8, 4) is 12.3 Å². The molecule has 0 bridgehead atoms. The second-order valence-electron chi connectivity index (χ2n) is 4.16. The molecule has 2 N–H and O–H groups in total. The number of fused-ring (bicyclic) bond motifs is 1. The van der Waals surface area contributed by atoms with Gasteiger partial charge in [-0.15, -0.1) is 6.42 Å². The molecular formula is C11H16N2O. The van der Waals surface area contributed by atoms with Crippen LogP contribution >= 0.6 is 0 Å². The molecule has 0 spiro atoms. The molecule has 1 amide bonds. The van der Waals surface area contributed by atoms with Gasteiger partial charge < -0.3 is 10.6 Å². The molecule has 0 radical (unpaired) electrons. The Kier molecular flexibility index (Phi) is 2.74. The highest BCUT2D eigenvalue weighted by molar-refractivity contribution is 5.82. The van der Waals surface area contributed by atoms with Gasteiger partial charge in [-0.1, -0.05) is 12.3 Å². The van der Waals surface area contributed by atoms with Crippen LogP contribution in [0.5, 0.6) is 0 Å². The Hall–Kier alpha value is -1.01. The van der Waals surface area contributed by atoms with Crippen molar-refractivity contribution in [1.29, 1.82) is 0 Å². The fourth-order valence-electron chi connectivity index (χ4n) is 2.72. The Bertz CT molecular complexity index is 269. The van der Waals surface area contributed by atoms with Gasteiger partial charge in [0.1, 0.15) is 0 Å². The summed E-state index contributed by atoms with van der Waals surface area (Å²) in [6.07, 6.45) is 8.83. The zero-order chi connectivity index (χ0) is 9.97. The van der Waals surface area contributed by atoms with E-state index >= 15 is 0 Å². The first-order valence-electron chi connectivity index (χ1n) is 5.27. The molecule has 1 saturated carbocycles. The van der Waals surface area contributed by atoms with Crippen molar-refractivity contribution in [2.75, 3.05) is 13.1 Å². The van der Waals surface area contributed by atoms with Gasteiger partial charge in [0.05, 0.1) is 12.6 Å². The minimum absolute atomic E-state index is 0.0100. The van der Waals surface area contributed by atoms with Gasteiger partial charge in [-0.25, -0.2) is 0 Å². The topological polar surface area (TPSA) is 41.1 Å². The summed E-state index contributed by atoms with van der Waals surface area (Å²) in [6.45, 7) is 1.34. The van der Waals surface area contributed by atoms with Gasteiger partial charge in [-0.2, -0.15) is 0 Å². The zero-order valence-corrected chi connectivity index (χ0v) is 8.25. The van der Waals surface area contributed by atoms with Crippen LogP contribution in [-0.4, -0.2) is 25.0 Å². The lowest BCUT2D eigenvalue weighted by atomic mass is 9.94. The molecule has 1 aliphatic carbocycles. The third-order valence-corrected chi connectivity index (χ3v) is 3.39. The summed E-state index contributed by atoms with van der Waals surface area (Å²) in [4.78, 5) is 11.7. The van der Waals surface area contributed by atoms with Gasteiger partial charge in [0.15, 0.2) is 0 Å². The monoisotopic (exact) mass is 192 g/mol. The van der Waals surface area contributed by atoms with Crippen molar-refractivity contribution in [3.05, 3.63) is 0 Å². The second-order valence-corrected chi connectivity index (χ2v) is 4.16. The Morgan fingerprint density at radius 2 is 2.43 bits per heavy atom. The van der Waals surface area contributed by atoms with Gasteiger partial charge >= 0.3 is 0 Å². The third kappa shape index (κ3) is 1.62. The van der Waals surface area contributed by atoms with Crippen molar-refractivity contribution < 1.29 is 4.79 Å². The van der Waals surface area contributed by atoms with Gasteiger partial charge in [0.25, 0.3) is 0 Å². The number of nitrogens with one attached hydrogen (secondary N) is 2. The molecule has 2 aliphatic rings. The van der Waals surface area contributed by atoms with Crippen LogP contribution in [0.3, 0.4) is 0 Å². The van der Waals surface area contributed by atoms with Crippen LogP contribution in [0.15, 0.2) is 0 Å². The number of terminal acetylenes is 1. The molecule has 3 nitrogen and oxygen atoms in total. The van der Waals surface area contributed by atoms with E-state index in [-0.39, 0.29) is 11.9 Å². The summed E-state index contributed by atoms with van der Waals surface area (Å²) in [6, 6.07) is 0.0100. The van der Waals surface area contributed by atoms with E-state index in [2.05, 4.69) is 16.6 Å². The smallest absolute Gasteiger partial charge is 0.238 e. The Labute approximate surface area is 84.6 Å². The summed E-state index contributed by atoms with van der Waals surface area (Å²) in [5.74, 6) is 3.77. The summed E-state index contributed by atoms with van der Waals surface area (Å²) in [7, 11) is 0. The van der Waals surface area contributed by atoms with Crippen molar-refractivity contribution in [2.45, 2.75) is 25.3 Å². The van der Waals surface area contributed by atoms with Crippen LogP contribution < -0.4 is 10.6 Å². The van der Waals surface area contributed by atoms with E-state index in [1.807, 2.05) is 0 Å². The number of rotatable bonds is 2. The number of amides is 1. The average Bonchev–Trinajstić information content (AvgIpc) is 2.74. The predicted octanol–water partition coefficient (Wildman–Crippen LogP) is 0.124. The highest BCUT2D eigenvalue weighted by Gasteiger charge is 2.42. The van der Waals surface area contributed by atoms with Crippen molar-refractivity contribution in [3.63, 3.8) is 0 Å². The maximum absolute atomic E-state index is 11.7. The first-order valence-corrected chi connectivity index (χ1v) is 5.27. The summed E-state index contributed by atoms with van der Waals surface area (Å²) in [5, 5.41) is 6.04. The highest BCUT2D eigenvalue weighted by Crippen LogP contribution is 2.37. The molecule has 2 fully saturated rings. The minimum atomic E-state index is 0.0100. The van der Waals surface area contributed by atoms with Crippen molar-refractivity contribution in [2.24, 2.45) is 11.8 Å². The van der Waals surface area contributed by atoms with E-state index in [0.29, 0.717) is 12.5 Å². The first-order chi connectivity index (χ1) is 6.83. The van der Waals surface area contributed by atoms with Crippen LogP contribution in [-0.2, 0) is 4.79 Å². The fraction of sp³-hybridized carbons (Fsp3) is 0.727. The van der Waals surface area contributed by atoms with E-state index in [9.17, 15) is 4.79 Å². The molecule has 1 aliphatic heterocycles. The van der Waals surface area contributed by atoms with Crippen molar-refractivity contribution >= 4 is 5.91 Å². The first kappa shape index (κ1) is 9.54. The Morgan fingerprint density at radius 1 is 1.57 bits per heavy atom. The maximum atomic E-state index is 11.7. The van der Waals surface area contributed by atoms with Crippen molar-refractivity contribution in [1.82, 2.24) is 10.6 Å². The molecule has 2 rings (SSSR count). The molecule has 14 heavy (non-hydrogen) atoms. The molecule has 3 atom stereocenters. The standard InChI is InChI=1S/C11H16N2O/c1-2-6-12-11(14)10-9-5-3-4-8(9)7-13-10/h1,8-10,13H,3-7H2,(H,12,14). The zero-order valence-electron chi connectivity index (χ0n) is 8.25. The molecule has 0 aromatic carbocycles. The van der Waals surface area contributed by atoms with Gasteiger partial charge in [0.2, 0.25) is 5.91 Å². The van der Waals surface area contributed by atoms with E-state index in [1.165, 1.54) is 19.3 Å². The van der Waals surface area contributed by atoms with E-state index < -0.39 is 0 Å². The third-order valence-electron chi connectivity index (χ3n) is 3.39. The number of hydrogen-bond donors (Lipinski definition) is 2. The average molecular weight is 192 g/mol. The summed E-state index contributed by atoms with van der Waals surface area (Å²) >= 11 is 0. The van der Waals surface area contributed by atoms with Crippen LogP contribution in [0, 0.1) is 24.2 Å². The summed E-state index contributed by atoms with van der Waals surface area (Å²) in [5.41, 5.74) is 0. The summed E-state index contributed by atoms with van der Waals surface area (Å²) < 4.78 is 0. The molecular weight excluding hydrogens is 176 g/mol. The largest absolute Gasteiger partial charge is 0.344 e. The lowest BCUT2D eigenvalue weighted by molar-refractivity contribution is -0.123. The van der Waals surface area contributed by atoms with Gasteiger partial charge in [0, 0.05) is 0 Å². The molecule has 1 heterocycles. The molecule has 0 aromatic rings. The quantitative estimate of drug-likeness (QED) is 0.610. The van der Waals surface area contributed by atoms with Crippen LogP contribution in [0.4, 0.5) is 0 Å². The van der Waals surface area contributed by atoms with Crippen LogP contribution in [0.2, 0.25) is 0 Å². The van der Waals surface area contributed by atoms with Crippen LogP contribution in [0.1, 0.15) is 19.3 Å². The number of carbonyl (C=O) groups excluding carboxylic acids is 1. The molecule has 1 saturated heterocycles. The SMILES string of the molecule is C#CCNC(=O)C1NCC2CCCC21. The fourth-order valence-corrected chi connectivity index (χ4v) is 2.72. The van der Waals surface area contributed by atoms with E-state index in [1.54, 1.807) is 0 Å². The molecule has 0 aromatic heterocycles. The highest BCUT2D eigenvalue weighted by atomic mass is 16.2. The normalized spacial score (nSPS) is 34.9. The van der Waals surface area contributed by atoms with Gasteiger partial charge in [-0.05, 0) is 31.2 Å². The van der Waals surface area contributed by atoms with E-state index in [0.717, 1.165) is 12.5 Å². The van der Waals surface area contributed by atoms with Crippen LogP contribution in [0.25, 0.3) is 0 Å². The minimum Gasteiger partial charge on any atom is -0.344 e. The molecule has 3 heteroatoms. The maximum Gasteiger partial charge on any atom is 0.238 e. The number of hydrogen-bond acceptors (Lipinski definition) is 2. The number of carbonyl (C=O) groups is 1. The predicted molar refractivity (Wildman–Crippen MR) is 54.5 cm³/mol. The lowest BCUT2D eigenvalue weighted by Gasteiger charge is -2.16. The molecule has 3 unspecified atom stereocenters. The van der Waals surface area contributed by atoms with E-state index in [4.69, 9.17) is 6.42 Å². The second kappa shape index (κ2) is 4.02. The van der Waals surface area contributed by atoms with Gasteiger partial charge in [-0.3, -0.25) is 4.79 Å². The Morgan fingerprint density at radius 3 is 3.21 bits per heavy atom.